The van der Waals surface area contributed by atoms with Crippen LogP contribution < -0.4 is 10.1 Å². The van der Waals surface area contributed by atoms with Crippen LogP contribution in [0.3, 0.4) is 0 Å². The minimum absolute atomic E-state index is 0.0769. The van der Waals surface area contributed by atoms with Gasteiger partial charge < -0.3 is 10.1 Å². The van der Waals surface area contributed by atoms with E-state index in [1.807, 2.05) is 0 Å². The van der Waals surface area contributed by atoms with Gasteiger partial charge in [0, 0.05) is 18.5 Å². The van der Waals surface area contributed by atoms with Crippen LogP contribution >= 0.6 is 0 Å². The van der Waals surface area contributed by atoms with Crippen LogP contribution in [0.5, 0.6) is 5.75 Å². The second-order valence-corrected chi connectivity index (χ2v) is 10.0. The van der Waals surface area contributed by atoms with Crippen LogP contribution in [0.25, 0.3) is 11.1 Å². The predicted octanol–water partition coefficient (Wildman–Crippen LogP) is 4.05. The molecule has 0 aliphatic carbocycles. The van der Waals surface area contributed by atoms with Gasteiger partial charge in [0.2, 0.25) is 15.9 Å². The molecule has 2 heterocycles. The maximum Gasteiger partial charge on any atom is 0.387 e. The zero-order valence-corrected chi connectivity index (χ0v) is 19.8. The van der Waals surface area contributed by atoms with Gasteiger partial charge in [-0.15, -0.1) is 0 Å². The third-order valence-corrected chi connectivity index (χ3v) is 7.56. The summed E-state index contributed by atoms with van der Waals surface area (Å²) in [4.78, 5) is 16.5. The zero-order chi connectivity index (χ0) is 26.7. The lowest BCUT2D eigenvalue weighted by Crippen LogP contribution is -2.45. The van der Waals surface area contributed by atoms with Gasteiger partial charge in [-0.2, -0.15) is 13.1 Å². The highest BCUT2D eigenvalue weighted by atomic mass is 32.2. The molecule has 37 heavy (non-hydrogen) atoms. The smallest absolute Gasteiger partial charge is 0.387 e. The van der Waals surface area contributed by atoms with Crippen molar-refractivity contribution in [1.82, 2.24) is 14.6 Å². The largest absolute Gasteiger partial charge is 0.435 e. The number of aromatic nitrogens is 1. The van der Waals surface area contributed by atoms with Crippen LogP contribution in [0, 0.1) is 11.6 Å². The molecule has 1 N–H and O–H groups in total. The lowest BCUT2D eigenvalue weighted by Gasteiger charge is -2.23. The van der Waals surface area contributed by atoms with Gasteiger partial charge in [0.1, 0.15) is 29.6 Å². The lowest BCUT2D eigenvalue weighted by atomic mass is 10.1. The first-order valence-corrected chi connectivity index (χ1v) is 12.4. The van der Waals surface area contributed by atoms with Gasteiger partial charge in [-0.05, 0) is 48.0 Å². The Morgan fingerprint density at radius 2 is 1.78 bits per heavy atom. The molecule has 1 amide bonds. The summed E-state index contributed by atoms with van der Waals surface area (Å²) in [7, 11) is -4.28. The number of amides is 1. The molecule has 0 radical (unpaired) electrons. The summed E-state index contributed by atoms with van der Waals surface area (Å²) in [5.74, 6) is -2.25. The molecule has 196 valence electrons. The molecule has 2 aromatic carbocycles. The Morgan fingerprint density at radius 1 is 1.11 bits per heavy atom. The van der Waals surface area contributed by atoms with E-state index in [2.05, 4.69) is 15.0 Å². The van der Waals surface area contributed by atoms with Gasteiger partial charge in [0.05, 0.1) is 23.3 Å². The Hall–Kier alpha value is -3.58. The van der Waals surface area contributed by atoms with Crippen molar-refractivity contribution in [2.75, 3.05) is 6.54 Å². The third-order valence-electron chi connectivity index (χ3n) is 5.67. The fourth-order valence-corrected chi connectivity index (χ4v) is 5.54. The number of benzene rings is 2. The number of hydrogen-bond acceptors (Lipinski definition) is 5. The second kappa shape index (κ2) is 10.8. The number of nitrogens with one attached hydrogen (secondary N) is 1. The van der Waals surface area contributed by atoms with E-state index in [4.69, 9.17) is 0 Å². The molecule has 0 bridgehead atoms. The number of ether oxygens (including phenoxy) is 1. The normalized spacial score (nSPS) is 18.2. The molecular formula is C24H20F5N3O4S. The summed E-state index contributed by atoms with van der Waals surface area (Å²) in [6.07, 6.45) is -1.04. The van der Waals surface area contributed by atoms with Crippen LogP contribution in [-0.4, -0.2) is 49.0 Å². The highest BCUT2D eigenvalue weighted by molar-refractivity contribution is 7.89. The van der Waals surface area contributed by atoms with Crippen LogP contribution in [0.1, 0.15) is 12.1 Å². The quantitative estimate of drug-likeness (QED) is 0.435. The van der Waals surface area contributed by atoms with Crippen LogP contribution in [-0.2, 0) is 21.4 Å². The van der Waals surface area contributed by atoms with E-state index >= 15 is 0 Å². The molecule has 1 aromatic heterocycles. The highest BCUT2D eigenvalue weighted by Crippen LogP contribution is 2.29. The van der Waals surface area contributed by atoms with E-state index in [0.29, 0.717) is 5.56 Å². The summed E-state index contributed by atoms with van der Waals surface area (Å²) in [6, 6.07) is 9.16. The molecule has 2 atom stereocenters. The summed E-state index contributed by atoms with van der Waals surface area (Å²) in [6.45, 7) is -3.77. The average Bonchev–Trinajstić information content (AvgIpc) is 3.26. The number of rotatable bonds is 8. The van der Waals surface area contributed by atoms with Crippen molar-refractivity contribution in [3.05, 3.63) is 78.1 Å². The van der Waals surface area contributed by atoms with E-state index in [1.165, 1.54) is 30.3 Å². The Bertz CT molecular complexity index is 1370. The Labute approximate surface area is 208 Å². The molecular weight excluding hydrogens is 521 g/mol. The van der Waals surface area contributed by atoms with Gasteiger partial charge in [-0.1, -0.05) is 12.1 Å². The maximum absolute atomic E-state index is 14.4. The van der Waals surface area contributed by atoms with Crippen molar-refractivity contribution >= 4 is 15.9 Å². The van der Waals surface area contributed by atoms with E-state index < -0.39 is 52.9 Å². The first kappa shape index (κ1) is 26.5. The molecule has 4 rings (SSSR count). The van der Waals surface area contributed by atoms with E-state index in [9.17, 15) is 35.2 Å². The number of sulfonamides is 1. The molecule has 13 heteroatoms. The monoisotopic (exact) mass is 541 g/mol. The molecule has 1 fully saturated rings. The van der Waals surface area contributed by atoms with Crippen LogP contribution in [0.4, 0.5) is 22.0 Å². The van der Waals surface area contributed by atoms with Gasteiger partial charge in [0.25, 0.3) is 0 Å². The third kappa shape index (κ3) is 6.05. The first-order valence-electron chi connectivity index (χ1n) is 10.9. The minimum atomic E-state index is -4.28. The average molecular weight is 541 g/mol. The van der Waals surface area contributed by atoms with Crippen LogP contribution in [0.15, 0.2) is 65.7 Å². The van der Waals surface area contributed by atoms with E-state index in [1.54, 1.807) is 0 Å². The molecule has 0 saturated carbocycles. The number of hydrogen-bond donors (Lipinski definition) is 1. The van der Waals surface area contributed by atoms with Crippen molar-refractivity contribution in [1.29, 1.82) is 0 Å². The second-order valence-electron chi connectivity index (χ2n) is 8.15. The molecule has 3 aromatic rings. The number of alkyl halides is 3. The number of halogens is 5. The topological polar surface area (TPSA) is 88.6 Å². The van der Waals surface area contributed by atoms with E-state index in [-0.39, 0.29) is 34.9 Å². The summed E-state index contributed by atoms with van der Waals surface area (Å²) < 4.78 is 97.4. The summed E-state index contributed by atoms with van der Waals surface area (Å²) >= 11 is 0. The predicted molar refractivity (Wildman–Crippen MR) is 122 cm³/mol. The molecule has 1 aliphatic rings. The van der Waals surface area contributed by atoms with Crippen molar-refractivity contribution < 1.29 is 39.9 Å². The van der Waals surface area contributed by atoms with Crippen molar-refractivity contribution in [3.8, 4) is 16.9 Å². The van der Waals surface area contributed by atoms with Gasteiger partial charge >= 0.3 is 6.61 Å². The van der Waals surface area contributed by atoms with Crippen molar-refractivity contribution in [2.24, 2.45) is 0 Å². The number of pyridine rings is 1. The van der Waals surface area contributed by atoms with Gasteiger partial charge in [0.15, 0.2) is 0 Å². The van der Waals surface area contributed by atoms with Crippen molar-refractivity contribution in [2.45, 2.75) is 36.7 Å². The summed E-state index contributed by atoms with van der Waals surface area (Å²) in [5, 5.41) is 2.49. The maximum atomic E-state index is 14.4. The molecule has 1 saturated heterocycles. The summed E-state index contributed by atoms with van der Waals surface area (Å²) in [5.41, 5.74) is 0.621. The standard InChI is InChI=1S/C24H20F5N3O4S/c25-15-3-7-19(8-4-15)37(34,35)32-13-16(26)9-22(32)23(33)31-11-17-10-20(21(27)12-30-17)14-1-5-18(6-2-14)36-24(28)29/h1-8,10,12,16,22,24H,9,11,13H2,(H,31,33)/t16-,22+/m1/s1. The lowest BCUT2D eigenvalue weighted by molar-refractivity contribution is -0.124. The molecule has 7 nitrogen and oxygen atoms in total. The zero-order valence-electron chi connectivity index (χ0n) is 19.0. The van der Waals surface area contributed by atoms with Crippen molar-refractivity contribution in [3.63, 3.8) is 0 Å². The fraction of sp³-hybridized carbons (Fsp3) is 0.250. The minimum Gasteiger partial charge on any atom is -0.435 e. The Morgan fingerprint density at radius 3 is 2.43 bits per heavy atom. The molecule has 0 unspecified atom stereocenters. The molecule has 1 aliphatic heterocycles. The number of carbonyl (C=O) groups is 1. The van der Waals surface area contributed by atoms with Gasteiger partial charge in [-0.3, -0.25) is 9.78 Å². The van der Waals surface area contributed by atoms with Crippen LogP contribution in [0.2, 0.25) is 0 Å². The van der Waals surface area contributed by atoms with E-state index in [0.717, 1.165) is 34.8 Å². The Balaban J connectivity index is 1.48. The van der Waals surface area contributed by atoms with Gasteiger partial charge in [-0.25, -0.2) is 21.6 Å². The Kier molecular flexibility index (Phi) is 7.73. The first-order chi connectivity index (χ1) is 17.5. The fourth-order valence-electron chi connectivity index (χ4n) is 3.91. The highest BCUT2D eigenvalue weighted by Gasteiger charge is 2.44. The SMILES string of the molecule is O=C(NCc1cc(-c2ccc(OC(F)F)cc2)c(F)cn1)[C@@H]1C[C@@H](F)CN1S(=O)(=O)c1ccc(F)cc1. The number of carbonyl (C=O) groups excluding carboxylic acids is 1. The molecule has 0 spiro atoms. The number of nitrogens with zero attached hydrogens (tertiary/aromatic N) is 2.